The fraction of sp³-hybridized carbons (Fsp3) is 0.714. The van der Waals surface area contributed by atoms with Gasteiger partial charge in [0.05, 0.1) is 12.2 Å². The first-order valence-corrected chi connectivity index (χ1v) is 6.82. The fourth-order valence-electron chi connectivity index (χ4n) is 1.83. The van der Waals surface area contributed by atoms with Crippen molar-refractivity contribution in [2.24, 2.45) is 5.41 Å². The molecule has 3 N–H and O–H groups in total. The lowest BCUT2D eigenvalue weighted by Crippen LogP contribution is -2.48. The van der Waals surface area contributed by atoms with Crippen molar-refractivity contribution < 1.29 is 14.3 Å². The summed E-state index contributed by atoms with van der Waals surface area (Å²) < 4.78 is 5.39. The van der Waals surface area contributed by atoms with E-state index in [2.05, 4.69) is 15.6 Å². The Bertz CT molecular complexity index is 430. The van der Waals surface area contributed by atoms with E-state index in [1.807, 2.05) is 34.6 Å². The van der Waals surface area contributed by atoms with Gasteiger partial charge in [-0.15, -0.1) is 0 Å². The molecule has 0 aliphatic heterocycles. The van der Waals surface area contributed by atoms with E-state index in [0.29, 0.717) is 12.3 Å². The standard InChI is InChI=1S/C14H25N3O3/c1-9-10(2)20-12(16-9)8-15-13(19)17-11(6-7-18)14(3,4)5/h11,18H,6-8H2,1-5H3,(H2,15,17,19). The summed E-state index contributed by atoms with van der Waals surface area (Å²) >= 11 is 0. The minimum Gasteiger partial charge on any atom is -0.444 e. The summed E-state index contributed by atoms with van der Waals surface area (Å²) in [6.45, 7) is 10.1. The number of nitrogens with one attached hydrogen (secondary N) is 2. The second kappa shape index (κ2) is 6.74. The average Bonchev–Trinajstić information content (AvgIpc) is 2.65. The topological polar surface area (TPSA) is 87.4 Å². The van der Waals surface area contributed by atoms with Crippen LogP contribution in [0.1, 0.15) is 44.5 Å². The molecule has 0 aliphatic rings. The molecular formula is C14H25N3O3. The lowest BCUT2D eigenvalue weighted by Gasteiger charge is -2.31. The fourth-order valence-corrected chi connectivity index (χ4v) is 1.83. The first-order chi connectivity index (χ1) is 9.24. The van der Waals surface area contributed by atoms with Gasteiger partial charge >= 0.3 is 6.03 Å². The number of urea groups is 1. The molecule has 2 amide bonds. The monoisotopic (exact) mass is 283 g/mol. The highest BCUT2D eigenvalue weighted by Gasteiger charge is 2.25. The number of aromatic nitrogens is 1. The number of hydrogen-bond donors (Lipinski definition) is 3. The van der Waals surface area contributed by atoms with Crippen molar-refractivity contribution in [1.29, 1.82) is 0 Å². The largest absolute Gasteiger partial charge is 0.444 e. The quantitative estimate of drug-likeness (QED) is 0.770. The lowest BCUT2D eigenvalue weighted by atomic mass is 9.85. The van der Waals surface area contributed by atoms with E-state index in [-0.39, 0.29) is 30.6 Å². The molecule has 6 nitrogen and oxygen atoms in total. The molecule has 1 heterocycles. The molecule has 0 saturated heterocycles. The van der Waals surface area contributed by atoms with E-state index in [1.54, 1.807) is 0 Å². The van der Waals surface area contributed by atoms with Crippen LogP contribution in [0.3, 0.4) is 0 Å². The number of carbonyl (C=O) groups is 1. The highest BCUT2D eigenvalue weighted by molar-refractivity contribution is 5.74. The van der Waals surface area contributed by atoms with Gasteiger partial charge in [0.1, 0.15) is 5.76 Å². The van der Waals surface area contributed by atoms with E-state index < -0.39 is 0 Å². The molecule has 20 heavy (non-hydrogen) atoms. The Morgan fingerprint density at radius 2 is 2.05 bits per heavy atom. The van der Waals surface area contributed by atoms with Crippen molar-refractivity contribution >= 4 is 6.03 Å². The maximum Gasteiger partial charge on any atom is 0.315 e. The minimum absolute atomic E-state index is 0.0420. The van der Waals surface area contributed by atoms with Gasteiger partial charge in [-0.2, -0.15) is 0 Å². The molecule has 0 bridgehead atoms. The van der Waals surface area contributed by atoms with Gasteiger partial charge in [-0.25, -0.2) is 9.78 Å². The summed E-state index contributed by atoms with van der Waals surface area (Å²) in [5.74, 6) is 1.25. The Morgan fingerprint density at radius 3 is 2.50 bits per heavy atom. The minimum atomic E-state index is -0.285. The number of aryl methyl sites for hydroxylation is 2. The smallest absolute Gasteiger partial charge is 0.315 e. The van der Waals surface area contributed by atoms with E-state index in [9.17, 15) is 4.79 Å². The molecule has 0 radical (unpaired) electrons. The second-order valence-corrected chi connectivity index (χ2v) is 6.01. The van der Waals surface area contributed by atoms with Gasteiger partial charge in [0.25, 0.3) is 0 Å². The van der Waals surface area contributed by atoms with Crippen molar-refractivity contribution in [1.82, 2.24) is 15.6 Å². The Hall–Kier alpha value is -1.56. The summed E-state index contributed by atoms with van der Waals surface area (Å²) in [7, 11) is 0. The SMILES string of the molecule is Cc1nc(CNC(=O)NC(CCO)C(C)(C)C)oc1C. The van der Waals surface area contributed by atoms with Crippen LogP contribution < -0.4 is 10.6 Å². The predicted molar refractivity (Wildman–Crippen MR) is 76.3 cm³/mol. The second-order valence-electron chi connectivity index (χ2n) is 6.01. The van der Waals surface area contributed by atoms with Crippen molar-refractivity contribution in [2.45, 2.75) is 53.6 Å². The first-order valence-electron chi connectivity index (χ1n) is 6.82. The molecule has 6 heteroatoms. The third-order valence-electron chi connectivity index (χ3n) is 3.24. The number of oxazole rings is 1. The molecule has 0 aromatic carbocycles. The number of rotatable bonds is 5. The van der Waals surface area contributed by atoms with Crippen molar-refractivity contribution in [3.05, 3.63) is 17.3 Å². The molecule has 1 aromatic heterocycles. The molecule has 1 unspecified atom stereocenters. The number of nitrogens with zero attached hydrogens (tertiary/aromatic N) is 1. The van der Waals surface area contributed by atoms with Gasteiger partial charge in [0.2, 0.25) is 5.89 Å². The molecule has 0 spiro atoms. The van der Waals surface area contributed by atoms with Crippen molar-refractivity contribution in [3.63, 3.8) is 0 Å². The normalized spacial score (nSPS) is 13.1. The molecule has 0 aliphatic carbocycles. The number of hydrogen-bond acceptors (Lipinski definition) is 4. The zero-order chi connectivity index (χ0) is 15.3. The zero-order valence-corrected chi connectivity index (χ0v) is 12.9. The Kier molecular flexibility index (Phi) is 5.56. The van der Waals surface area contributed by atoms with Crippen LogP contribution >= 0.6 is 0 Å². The Morgan fingerprint density at radius 1 is 1.40 bits per heavy atom. The van der Waals surface area contributed by atoms with E-state index in [0.717, 1.165) is 11.5 Å². The number of aliphatic hydroxyl groups excluding tert-OH is 1. The highest BCUT2D eigenvalue weighted by atomic mass is 16.4. The van der Waals surface area contributed by atoms with E-state index in [1.165, 1.54) is 0 Å². The zero-order valence-electron chi connectivity index (χ0n) is 12.9. The van der Waals surface area contributed by atoms with Crippen molar-refractivity contribution in [2.75, 3.05) is 6.61 Å². The molecule has 1 rings (SSSR count). The molecule has 1 atom stereocenters. The summed E-state index contributed by atoms with van der Waals surface area (Å²) in [4.78, 5) is 16.1. The van der Waals surface area contributed by atoms with Gasteiger partial charge in [-0.05, 0) is 25.7 Å². The Labute approximate surface area is 120 Å². The van der Waals surface area contributed by atoms with Crippen molar-refractivity contribution in [3.8, 4) is 0 Å². The molecule has 0 saturated carbocycles. The average molecular weight is 283 g/mol. The maximum atomic E-state index is 11.9. The van der Waals surface area contributed by atoms with Gasteiger partial charge < -0.3 is 20.2 Å². The lowest BCUT2D eigenvalue weighted by molar-refractivity contribution is 0.188. The van der Waals surface area contributed by atoms with Gasteiger partial charge in [0, 0.05) is 12.6 Å². The number of carbonyl (C=O) groups excluding carboxylic acids is 1. The summed E-state index contributed by atoms with van der Waals surface area (Å²) in [5, 5.41) is 14.6. The summed E-state index contributed by atoms with van der Waals surface area (Å²) in [5.41, 5.74) is 0.714. The first kappa shape index (κ1) is 16.5. The molecule has 0 fully saturated rings. The summed E-state index contributed by atoms with van der Waals surface area (Å²) in [6.07, 6.45) is 0.522. The third kappa shape index (κ3) is 4.85. The van der Waals surface area contributed by atoms with Crippen LogP contribution in [0, 0.1) is 19.3 Å². The molecule has 114 valence electrons. The predicted octanol–water partition coefficient (Wildman–Crippen LogP) is 1.89. The highest BCUT2D eigenvalue weighted by Crippen LogP contribution is 2.21. The number of aliphatic hydroxyl groups is 1. The Balaban J connectivity index is 2.49. The van der Waals surface area contributed by atoms with Crippen LogP contribution in [-0.4, -0.2) is 28.8 Å². The van der Waals surface area contributed by atoms with Crippen LogP contribution in [-0.2, 0) is 6.54 Å². The molecular weight excluding hydrogens is 258 g/mol. The van der Waals surface area contributed by atoms with E-state index >= 15 is 0 Å². The van der Waals surface area contributed by atoms with Gasteiger partial charge in [-0.3, -0.25) is 0 Å². The third-order valence-corrected chi connectivity index (χ3v) is 3.24. The van der Waals surface area contributed by atoms with Crippen LogP contribution in [0.2, 0.25) is 0 Å². The van der Waals surface area contributed by atoms with Crippen LogP contribution in [0.5, 0.6) is 0 Å². The maximum absolute atomic E-state index is 11.9. The van der Waals surface area contributed by atoms with Crippen LogP contribution in [0.25, 0.3) is 0 Å². The number of amides is 2. The molecule has 1 aromatic rings. The van der Waals surface area contributed by atoms with Gasteiger partial charge in [-0.1, -0.05) is 20.8 Å². The van der Waals surface area contributed by atoms with Crippen LogP contribution in [0.4, 0.5) is 4.79 Å². The van der Waals surface area contributed by atoms with Crippen LogP contribution in [0.15, 0.2) is 4.42 Å². The van der Waals surface area contributed by atoms with Gasteiger partial charge in [0.15, 0.2) is 0 Å². The van der Waals surface area contributed by atoms with E-state index in [4.69, 9.17) is 9.52 Å². The summed E-state index contributed by atoms with van der Waals surface area (Å²) in [6, 6.07) is -0.382.